The molecule has 0 aliphatic heterocycles. The third-order valence-electron chi connectivity index (χ3n) is 7.26. The monoisotopic (exact) mass is 247 g/mol. The van der Waals surface area contributed by atoms with Gasteiger partial charge in [-0.05, 0) is 86.5 Å². The second-order valence-electron chi connectivity index (χ2n) is 8.07. The Morgan fingerprint density at radius 1 is 0.889 bits per heavy atom. The summed E-state index contributed by atoms with van der Waals surface area (Å²) in [6, 6.07) is 0. The summed E-state index contributed by atoms with van der Waals surface area (Å²) in [6.45, 7) is 0.975. The topological polar surface area (TPSA) is 26.0 Å². The largest absolute Gasteiger partial charge is 0.330 e. The minimum Gasteiger partial charge on any atom is -0.330 e. The van der Waals surface area contributed by atoms with Gasteiger partial charge in [0.15, 0.2) is 0 Å². The van der Waals surface area contributed by atoms with Crippen LogP contribution in [0.4, 0.5) is 0 Å². The standard InChI is InChI=1S/C17H29N/c18-11-16-13-6-12-7-14(16)10-17(8-12,9-13)15-4-2-1-3-5-15/h12-16H,1-11,18H2. The van der Waals surface area contributed by atoms with E-state index in [1.165, 1.54) is 32.1 Å². The highest BCUT2D eigenvalue weighted by Gasteiger charge is 2.56. The summed E-state index contributed by atoms with van der Waals surface area (Å²) < 4.78 is 0. The normalized spacial score (nSPS) is 51.8. The molecule has 1 nitrogen and oxygen atoms in total. The van der Waals surface area contributed by atoms with Gasteiger partial charge in [0.25, 0.3) is 0 Å². The molecule has 5 rings (SSSR count). The molecule has 0 amide bonds. The summed E-state index contributed by atoms with van der Waals surface area (Å²) in [5.74, 6) is 5.12. The van der Waals surface area contributed by atoms with Gasteiger partial charge >= 0.3 is 0 Å². The molecule has 0 heterocycles. The highest BCUT2D eigenvalue weighted by Crippen LogP contribution is 2.66. The first-order chi connectivity index (χ1) is 8.81. The zero-order chi connectivity index (χ0) is 12.2. The van der Waals surface area contributed by atoms with Crippen LogP contribution in [-0.4, -0.2) is 6.54 Å². The molecule has 5 fully saturated rings. The van der Waals surface area contributed by atoms with Crippen molar-refractivity contribution >= 4 is 0 Å². The molecule has 5 saturated carbocycles. The molecule has 4 bridgehead atoms. The van der Waals surface area contributed by atoms with Crippen LogP contribution in [0, 0.1) is 35.0 Å². The molecule has 18 heavy (non-hydrogen) atoms. The number of hydrogen-bond donors (Lipinski definition) is 1. The van der Waals surface area contributed by atoms with Crippen molar-refractivity contribution in [2.45, 2.75) is 64.2 Å². The Labute approximate surface area is 112 Å². The van der Waals surface area contributed by atoms with Crippen molar-refractivity contribution in [1.82, 2.24) is 0 Å². The predicted octanol–water partition coefficient (Wildman–Crippen LogP) is 3.97. The molecule has 0 radical (unpaired) electrons. The SMILES string of the molecule is NCC1C2CC3CC1CC(C1CCCCC1)(C3)C2. The molecule has 2 atom stereocenters. The van der Waals surface area contributed by atoms with Gasteiger partial charge in [0, 0.05) is 0 Å². The third kappa shape index (κ3) is 1.62. The molecule has 2 N–H and O–H groups in total. The molecule has 0 spiro atoms. The molecule has 0 aromatic heterocycles. The zero-order valence-electron chi connectivity index (χ0n) is 11.7. The minimum absolute atomic E-state index is 0.794. The summed E-state index contributed by atoms with van der Waals surface area (Å²) in [4.78, 5) is 0. The van der Waals surface area contributed by atoms with Crippen molar-refractivity contribution in [3.05, 3.63) is 0 Å². The molecular weight excluding hydrogens is 218 g/mol. The fraction of sp³-hybridized carbons (Fsp3) is 1.00. The van der Waals surface area contributed by atoms with Crippen molar-refractivity contribution in [2.24, 2.45) is 40.7 Å². The van der Waals surface area contributed by atoms with E-state index in [9.17, 15) is 0 Å². The molecule has 102 valence electrons. The summed E-state index contributed by atoms with van der Waals surface area (Å²) in [7, 11) is 0. The summed E-state index contributed by atoms with van der Waals surface area (Å²) in [5, 5.41) is 0. The van der Waals surface area contributed by atoms with Gasteiger partial charge < -0.3 is 5.73 Å². The average molecular weight is 247 g/mol. The lowest BCUT2D eigenvalue weighted by Gasteiger charge is -2.63. The van der Waals surface area contributed by atoms with Crippen LogP contribution in [0.2, 0.25) is 0 Å². The summed E-state index contributed by atoms with van der Waals surface area (Å²) in [6.07, 6.45) is 15.5. The highest BCUT2D eigenvalue weighted by atomic mass is 14.7. The quantitative estimate of drug-likeness (QED) is 0.785. The van der Waals surface area contributed by atoms with Gasteiger partial charge in [0.1, 0.15) is 0 Å². The fourth-order valence-electron chi connectivity index (χ4n) is 6.79. The molecule has 1 heteroatoms. The highest BCUT2D eigenvalue weighted by molar-refractivity contribution is 5.07. The van der Waals surface area contributed by atoms with Crippen LogP contribution < -0.4 is 5.73 Å². The number of hydrogen-bond acceptors (Lipinski definition) is 1. The van der Waals surface area contributed by atoms with Gasteiger partial charge in [-0.1, -0.05) is 19.3 Å². The lowest BCUT2D eigenvalue weighted by atomic mass is 9.42. The maximum atomic E-state index is 6.08. The first-order valence-corrected chi connectivity index (χ1v) is 8.51. The van der Waals surface area contributed by atoms with Crippen molar-refractivity contribution in [3.63, 3.8) is 0 Å². The lowest BCUT2D eigenvalue weighted by Crippen LogP contribution is -2.55. The van der Waals surface area contributed by atoms with E-state index in [1.54, 1.807) is 32.1 Å². The summed E-state index contributed by atoms with van der Waals surface area (Å²) in [5.41, 5.74) is 6.87. The van der Waals surface area contributed by atoms with Crippen molar-refractivity contribution in [3.8, 4) is 0 Å². The van der Waals surface area contributed by atoms with Crippen LogP contribution in [0.1, 0.15) is 64.2 Å². The van der Waals surface area contributed by atoms with Crippen LogP contribution in [0.5, 0.6) is 0 Å². The molecule has 0 saturated heterocycles. The van der Waals surface area contributed by atoms with Crippen LogP contribution in [0.3, 0.4) is 0 Å². The van der Waals surface area contributed by atoms with E-state index in [0.717, 1.165) is 41.5 Å². The van der Waals surface area contributed by atoms with Crippen molar-refractivity contribution in [2.75, 3.05) is 6.54 Å². The molecule has 0 aromatic rings. The van der Waals surface area contributed by atoms with E-state index in [1.807, 2.05) is 0 Å². The Morgan fingerprint density at radius 2 is 1.56 bits per heavy atom. The summed E-state index contributed by atoms with van der Waals surface area (Å²) >= 11 is 0. The number of rotatable bonds is 2. The van der Waals surface area contributed by atoms with Crippen molar-refractivity contribution in [1.29, 1.82) is 0 Å². The average Bonchev–Trinajstić information content (AvgIpc) is 2.39. The van der Waals surface area contributed by atoms with E-state index < -0.39 is 0 Å². The van der Waals surface area contributed by atoms with Gasteiger partial charge in [-0.25, -0.2) is 0 Å². The van der Waals surface area contributed by atoms with E-state index >= 15 is 0 Å². The Kier molecular flexibility index (Phi) is 2.76. The van der Waals surface area contributed by atoms with Crippen LogP contribution in [0.25, 0.3) is 0 Å². The lowest BCUT2D eigenvalue weighted by molar-refractivity contribution is -0.126. The maximum absolute atomic E-state index is 6.08. The smallest absolute Gasteiger partial charge is 0.00436 e. The van der Waals surface area contributed by atoms with E-state index in [-0.39, 0.29) is 0 Å². The van der Waals surface area contributed by atoms with Crippen LogP contribution in [-0.2, 0) is 0 Å². The first kappa shape index (κ1) is 11.8. The predicted molar refractivity (Wildman–Crippen MR) is 75.1 cm³/mol. The maximum Gasteiger partial charge on any atom is -0.00436 e. The van der Waals surface area contributed by atoms with E-state index in [0.29, 0.717) is 0 Å². The second-order valence-corrected chi connectivity index (χ2v) is 8.07. The van der Waals surface area contributed by atoms with E-state index in [2.05, 4.69) is 0 Å². The third-order valence-corrected chi connectivity index (χ3v) is 7.26. The Bertz CT molecular complexity index is 302. The van der Waals surface area contributed by atoms with E-state index in [4.69, 9.17) is 5.73 Å². The molecule has 5 aliphatic rings. The number of nitrogens with two attached hydrogens (primary N) is 1. The van der Waals surface area contributed by atoms with Gasteiger partial charge in [0.05, 0.1) is 0 Å². The molecule has 0 aromatic carbocycles. The van der Waals surface area contributed by atoms with Gasteiger partial charge in [-0.2, -0.15) is 0 Å². The molecule has 5 aliphatic carbocycles. The first-order valence-electron chi connectivity index (χ1n) is 8.51. The van der Waals surface area contributed by atoms with Gasteiger partial charge in [-0.15, -0.1) is 0 Å². The fourth-order valence-corrected chi connectivity index (χ4v) is 6.79. The molecular formula is C17H29N. The Morgan fingerprint density at radius 3 is 2.17 bits per heavy atom. The van der Waals surface area contributed by atoms with Crippen LogP contribution in [0.15, 0.2) is 0 Å². The zero-order valence-corrected chi connectivity index (χ0v) is 11.7. The Hall–Kier alpha value is -0.0400. The molecule has 2 unspecified atom stereocenters. The van der Waals surface area contributed by atoms with Gasteiger partial charge in [-0.3, -0.25) is 0 Å². The van der Waals surface area contributed by atoms with Gasteiger partial charge in [0.2, 0.25) is 0 Å². The van der Waals surface area contributed by atoms with Crippen molar-refractivity contribution < 1.29 is 0 Å². The second kappa shape index (κ2) is 4.23. The minimum atomic E-state index is 0.794. The Balaban J connectivity index is 1.59. The van der Waals surface area contributed by atoms with Crippen LogP contribution >= 0.6 is 0 Å².